The van der Waals surface area contributed by atoms with Crippen LogP contribution in [0.2, 0.25) is 0 Å². The normalized spacial score (nSPS) is 16.8. The minimum Gasteiger partial charge on any atom is -0.323 e. The van der Waals surface area contributed by atoms with E-state index in [2.05, 4.69) is 23.7 Å². The van der Waals surface area contributed by atoms with Gasteiger partial charge in [-0.25, -0.2) is 0 Å². The second-order valence-electron chi connectivity index (χ2n) is 5.77. The Bertz CT molecular complexity index is 593. The third kappa shape index (κ3) is 4.82. The highest BCUT2D eigenvalue weighted by molar-refractivity contribution is 5.98. The maximum atomic E-state index is 13.4. The quantitative estimate of drug-likeness (QED) is 0.837. The molecule has 1 fully saturated rings. The second-order valence-corrected chi connectivity index (χ2v) is 5.77. The van der Waals surface area contributed by atoms with Crippen LogP contribution >= 0.6 is 0 Å². The molecule has 1 amide bonds. The molecule has 0 atom stereocenters. The van der Waals surface area contributed by atoms with Gasteiger partial charge in [-0.1, -0.05) is 19.6 Å². The second kappa shape index (κ2) is 7.81. The summed E-state index contributed by atoms with van der Waals surface area (Å²) in [4.78, 5) is 15.6. The highest BCUT2D eigenvalue weighted by atomic mass is 19.4. The summed E-state index contributed by atoms with van der Waals surface area (Å²) < 4.78 is 40.1. The first kappa shape index (κ1) is 18.5. The fraction of sp³-hybridized carbons (Fsp3) is 0.471. The number of carbonyl (C=O) groups excluding carboxylic acids is 1. The van der Waals surface area contributed by atoms with Crippen LogP contribution < -0.4 is 5.32 Å². The van der Waals surface area contributed by atoms with Gasteiger partial charge in [0.2, 0.25) is 5.91 Å². The lowest BCUT2D eigenvalue weighted by Gasteiger charge is -2.34. The number of nitrogens with one attached hydrogen (secondary N) is 1. The number of anilines is 1. The van der Waals surface area contributed by atoms with Crippen LogP contribution in [0.5, 0.6) is 0 Å². The summed E-state index contributed by atoms with van der Waals surface area (Å²) in [7, 11) is 0. The molecule has 0 spiro atoms. The molecule has 1 aliphatic heterocycles. The minimum absolute atomic E-state index is 0.117. The van der Waals surface area contributed by atoms with Crippen molar-refractivity contribution < 1.29 is 18.0 Å². The Morgan fingerprint density at radius 2 is 1.88 bits per heavy atom. The predicted octanol–water partition coefficient (Wildman–Crippen LogP) is 2.97. The molecular weight excluding hydrogens is 319 g/mol. The highest BCUT2D eigenvalue weighted by Crippen LogP contribution is 2.34. The number of halogens is 3. The van der Waals surface area contributed by atoms with Crippen LogP contribution in [0.25, 0.3) is 0 Å². The molecule has 7 heteroatoms. The standard InChI is InChI=1S/C17H22F3N3O/c1-3-16(24)21-14-6-5-13(15(11-14)17(18,19)20)12-23-9-7-22(4-2)8-10-23/h3,5-6,11H,1,4,7-10,12H2,2H3,(H,21,24). The zero-order valence-corrected chi connectivity index (χ0v) is 13.7. The first-order chi connectivity index (χ1) is 11.3. The van der Waals surface area contributed by atoms with E-state index in [0.29, 0.717) is 0 Å². The first-order valence-electron chi connectivity index (χ1n) is 7.91. The number of carbonyl (C=O) groups is 1. The number of piperazine rings is 1. The van der Waals surface area contributed by atoms with Crippen molar-refractivity contribution in [2.75, 3.05) is 38.0 Å². The lowest BCUT2D eigenvalue weighted by Crippen LogP contribution is -2.45. The molecule has 1 saturated heterocycles. The van der Waals surface area contributed by atoms with E-state index < -0.39 is 17.6 Å². The van der Waals surface area contributed by atoms with Crippen molar-refractivity contribution in [1.29, 1.82) is 0 Å². The molecule has 1 aromatic rings. The van der Waals surface area contributed by atoms with Gasteiger partial charge in [-0.2, -0.15) is 13.2 Å². The largest absolute Gasteiger partial charge is 0.416 e. The molecule has 1 heterocycles. The predicted molar refractivity (Wildman–Crippen MR) is 87.7 cm³/mol. The van der Waals surface area contributed by atoms with E-state index in [-0.39, 0.29) is 17.8 Å². The summed E-state index contributed by atoms with van der Waals surface area (Å²) >= 11 is 0. The Kier molecular flexibility index (Phi) is 6.01. The third-order valence-electron chi connectivity index (χ3n) is 4.17. The molecule has 0 saturated carbocycles. The fourth-order valence-electron chi connectivity index (χ4n) is 2.75. The Hall–Kier alpha value is -1.86. The number of hydrogen-bond acceptors (Lipinski definition) is 3. The summed E-state index contributed by atoms with van der Waals surface area (Å²) in [5, 5.41) is 2.37. The Balaban J connectivity index is 2.16. The molecule has 24 heavy (non-hydrogen) atoms. The van der Waals surface area contributed by atoms with Crippen molar-refractivity contribution in [3.05, 3.63) is 42.0 Å². The van der Waals surface area contributed by atoms with Crippen molar-refractivity contribution in [2.45, 2.75) is 19.6 Å². The Labute approximate surface area is 139 Å². The van der Waals surface area contributed by atoms with Crippen LogP contribution in [-0.4, -0.2) is 48.4 Å². The summed E-state index contributed by atoms with van der Waals surface area (Å²) in [6.07, 6.45) is -3.44. The van der Waals surface area contributed by atoms with Crippen molar-refractivity contribution in [3.8, 4) is 0 Å². The van der Waals surface area contributed by atoms with Crippen molar-refractivity contribution in [2.24, 2.45) is 0 Å². The van der Waals surface area contributed by atoms with E-state index in [1.165, 1.54) is 12.1 Å². The van der Waals surface area contributed by atoms with Gasteiger partial charge in [-0.05, 0) is 30.3 Å². The molecule has 0 radical (unpaired) electrons. The van der Waals surface area contributed by atoms with Gasteiger partial charge in [0.25, 0.3) is 0 Å². The zero-order chi connectivity index (χ0) is 17.7. The lowest BCUT2D eigenvalue weighted by molar-refractivity contribution is -0.138. The number of benzene rings is 1. The van der Waals surface area contributed by atoms with Crippen molar-refractivity contribution in [3.63, 3.8) is 0 Å². The Morgan fingerprint density at radius 1 is 1.25 bits per heavy atom. The minimum atomic E-state index is -4.46. The molecule has 0 unspecified atom stereocenters. The maximum absolute atomic E-state index is 13.4. The molecule has 0 bridgehead atoms. The van der Waals surface area contributed by atoms with Crippen molar-refractivity contribution >= 4 is 11.6 Å². The van der Waals surface area contributed by atoms with Gasteiger partial charge >= 0.3 is 6.18 Å². The van der Waals surface area contributed by atoms with E-state index in [1.807, 2.05) is 4.90 Å². The summed E-state index contributed by atoms with van der Waals surface area (Å²) in [6, 6.07) is 3.92. The Morgan fingerprint density at radius 3 is 2.42 bits per heavy atom. The van der Waals surface area contributed by atoms with E-state index >= 15 is 0 Å². The van der Waals surface area contributed by atoms with Gasteiger partial charge in [0.05, 0.1) is 5.56 Å². The molecule has 0 aliphatic carbocycles. The van der Waals surface area contributed by atoms with Gasteiger partial charge in [-0.3, -0.25) is 9.69 Å². The van der Waals surface area contributed by atoms with Gasteiger partial charge in [0, 0.05) is 38.4 Å². The molecule has 1 aromatic carbocycles. The van der Waals surface area contributed by atoms with Crippen LogP contribution in [0, 0.1) is 0 Å². The zero-order valence-electron chi connectivity index (χ0n) is 13.7. The molecule has 1 N–H and O–H groups in total. The molecule has 2 rings (SSSR count). The van der Waals surface area contributed by atoms with Crippen molar-refractivity contribution in [1.82, 2.24) is 9.80 Å². The van der Waals surface area contributed by atoms with Gasteiger partial charge in [0.15, 0.2) is 0 Å². The van der Waals surface area contributed by atoms with E-state index in [0.717, 1.165) is 44.9 Å². The number of rotatable bonds is 5. The van der Waals surface area contributed by atoms with Crippen LogP contribution in [0.3, 0.4) is 0 Å². The summed E-state index contributed by atoms with van der Waals surface area (Å²) in [5.74, 6) is -0.536. The molecule has 4 nitrogen and oxygen atoms in total. The number of nitrogens with zero attached hydrogens (tertiary/aromatic N) is 2. The van der Waals surface area contributed by atoms with Gasteiger partial charge < -0.3 is 10.2 Å². The van der Waals surface area contributed by atoms with Crippen LogP contribution in [0.1, 0.15) is 18.1 Å². The van der Waals surface area contributed by atoms with E-state index in [9.17, 15) is 18.0 Å². The van der Waals surface area contributed by atoms with E-state index in [4.69, 9.17) is 0 Å². The molecule has 132 valence electrons. The average molecular weight is 341 g/mol. The number of alkyl halides is 3. The molecular formula is C17H22F3N3O. The summed E-state index contributed by atoms with van der Waals surface area (Å²) in [5.41, 5.74) is -0.363. The van der Waals surface area contributed by atoms with Gasteiger partial charge in [0.1, 0.15) is 0 Å². The monoisotopic (exact) mass is 341 g/mol. The van der Waals surface area contributed by atoms with Gasteiger partial charge in [-0.15, -0.1) is 0 Å². The van der Waals surface area contributed by atoms with Crippen LogP contribution in [0.4, 0.5) is 18.9 Å². The van der Waals surface area contributed by atoms with Crippen LogP contribution in [-0.2, 0) is 17.5 Å². The average Bonchev–Trinajstić information content (AvgIpc) is 2.55. The number of hydrogen-bond donors (Lipinski definition) is 1. The topological polar surface area (TPSA) is 35.6 Å². The smallest absolute Gasteiger partial charge is 0.323 e. The number of amides is 1. The fourth-order valence-corrected chi connectivity index (χ4v) is 2.75. The molecule has 0 aromatic heterocycles. The SMILES string of the molecule is C=CC(=O)Nc1ccc(CN2CCN(CC)CC2)c(C(F)(F)F)c1. The maximum Gasteiger partial charge on any atom is 0.416 e. The number of likely N-dealkylation sites (N-methyl/N-ethyl adjacent to an activating group) is 1. The summed E-state index contributed by atoms with van der Waals surface area (Å²) in [6.45, 7) is 9.81. The van der Waals surface area contributed by atoms with Crippen LogP contribution in [0.15, 0.2) is 30.9 Å². The molecule has 1 aliphatic rings. The highest BCUT2D eigenvalue weighted by Gasteiger charge is 2.34. The van der Waals surface area contributed by atoms with E-state index in [1.54, 1.807) is 0 Å². The third-order valence-corrected chi connectivity index (χ3v) is 4.17. The first-order valence-corrected chi connectivity index (χ1v) is 7.91. The lowest BCUT2D eigenvalue weighted by atomic mass is 10.0.